The van der Waals surface area contributed by atoms with Crippen LogP contribution in [-0.2, 0) is 4.79 Å². The van der Waals surface area contributed by atoms with Crippen molar-refractivity contribution in [2.75, 3.05) is 20.6 Å². The number of hydrogen-bond donors (Lipinski definition) is 3. The zero-order valence-corrected chi connectivity index (χ0v) is 12.7. The molecule has 6 nitrogen and oxygen atoms in total. The van der Waals surface area contributed by atoms with E-state index in [1.54, 1.807) is 0 Å². The van der Waals surface area contributed by atoms with Crippen LogP contribution in [0.1, 0.15) is 39.0 Å². The number of amides is 2. The highest BCUT2D eigenvalue weighted by molar-refractivity contribution is 5.82. The number of rotatable bonds is 6. The zero-order chi connectivity index (χ0) is 15.1. The van der Waals surface area contributed by atoms with E-state index in [4.69, 9.17) is 0 Å². The van der Waals surface area contributed by atoms with Crippen molar-refractivity contribution in [3.8, 4) is 0 Å². The second-order valence-corrected chi connectivity index (χ2v) is 6.00. The van der Waals surface area contributed by atoms with E-state index in [9.17, 15) is 14.7 Å². The Morgan fingerprint density at radius 1 is 1.20 bits per heavy atom. The smallest absolute Gasteiger partial charge is 0.326 e. The van der Waals surface area contributed by atoms with Gasteiger partial charge in [-0.3, -0.25) is 0 Å². The van der Waals surface area contributed by atoms with Crippen LogP contribution < -0.4 is 10.6 Å². The summed E-state index contributed by atoms with van der Waals surface area (Å²) >= 11 is 0. The summed E-state index contributed by atoms with van der Waals surface area (Å²) in [6, 6.07) is -1.19. The number of urea groups is 1. The van der Waals surface area contributed by atoms with Crippen molar-refractivity contribution in [1.82, 2.24) is 15.5 Å². The van der Waals surface area contributed by atoms with Gasteiger partial charge in [0.05, 0.1) is 0 Å². The Kier molecular flexibility index (Phi) is 6.78. The highest BCUT2D eigenvalue weighted by Gasteiger charge is 2.30. The molecule has 1 aliphatic carbocycles. The van der Waals surface area contributed by atoms with Crippen molar-refractivity contribution in [2.24, 2.45) is 5.92 Å². The van der Waals surface area contributed by atoms with Crippen LogP contribution in [0.2, 0.25) is 0 Å². The van der Waals surface area contributed by atoms with E-state index in [2.05, 4.69) is 10.6 Å². The first-order valence-electron chi connectivity index (χ1n) is 7.34. The molecule has 0 aromatic heterocycles. The second-order valence-electron chi connectivity index (χ2n) is 6.00. The molecule has 0 aliphatic heterocycles. The Labute approximate surface area is 120 Å². The monoisotopic (exact) mass is 285 g/mol. The summed E-state index contributed by atoms with van der Waals surface area (Å²) in [5.41, 5.74) is 0. The summed E-state index contributed by atoms with van der Waals surface area (Å²) in [5.74, 6) is -0.886. The number of nitrogens with one attached hydrogen (secondary N) is 2. The van der Waals surface area contributed by atoms with Gasteiger partial charge in [0.1, 0.15) is 6.04 Å². The Morgan fingerprint density at radius 3 is 2.30 bits per heavy atom. The molecule has 1 aliphatic rings. The molecular weight excluding hydrogens is 258 g/mol. The van der Waals surface area contributed by atoms with Crippen molar-refractivity contribution in [3.05, 3.63) is 0 Å². The van der Waals surface area contributed by atoms with Gasteiger partial charge in [0.25, 0.3) is 0 Å². The fraction of sp³-hybridized carbons (Fsp3) is 0.857. The fourth-order valence-corrected chi connectivity index (χ4v) is 2.85. The Balaban J connectivity index is 2.48. The lowest BCUT2D eigenvalue weighted by atomic mass is 9.84. The van der Waals surface area contributed by atoms with Crippen LogP contribution in [0, 0.1) is 5.92 Å². The summed E-state index contributed by atoms with van der Waals surface area (Å²) in [6.45, 7) is 2.62. The topological polar surface area (TPSA) is 81.7 Å². The fourth-order valence-electron chi connectivity index (χ4n) is 2.85. The average Bonchev–Trinajstić information content (AvgIpc) is 2.35. The van der Waals surface area contributed by atoms with Gasteiger partial charge in [-0.2, -0.15) is 0 Å². The second kappa shape index (κ2) is 8.09. The van der Waals surface area contributed by atoms with Crippen molar-refractivity contribution >= 4 is 12.0 Å². The van der Waals surface area contributed by atoms with Gasteiger partial charge >= 0.3 is 12.0 Å². The van der Waals surface area contributed by atoms with Gasteiger partial charge in [-0.25, -0.2) is 9.59 Å². The predicted octanol–water partition coefficient (Wildman–Crippen LogP) is 1.27. The molecule has 2 atom stereocenters. The maximum absolute atomic E-state index is 11.9. The number of carbonyl (C=O) groups is 2. The van der Waals surface area contributed by atoms with Crippen LogP contribution >= 0.6 is 0 Å². The third kappa shape index (κ3) is 5.77. The van der Waals surface area contributed by atoms with E-state index in [1.807, 2.05) is 25.9 Å². The molecule has 0 spiro atoms. The third-order valence-electron chi connectivity index (χ3n) is 3.69. The number of carboxylic acid groups (broad SMARTS) is 1. The lowest BCUT2D eigenvalue weighted by Crippen LogP contribution is -2.53. The van der Waals surface area contributed by atoms with Crippen molar-refractivity contribution < 1.29 is 14.7 Å². The van der Waals surface area contributed by atoms with Gasteiger partial charge in [-0.1, -0.05) is 19.3 Å². The number of carbonyl (C=O) groups excluding carboxylic acids is 1. The molecule has 0 radical (unpaired) electrons. The number of carboxylic acids is 1. The average molecular weight is 285 g/mol. The van der Waals surface area contributed by atoms with Crippen LogP contribution in [0.3, 0.4) is 0 Å². The van der Waals surface area contributed by atoms with E-state index < -0.39 is 18.0 Å². The van der Waals surface area contributed by atoms with Crippen LogP contribution in [0.15, 0.2) is 0 Å². The molecule has 6 heteroatoms. The number of hydrogen-bond acceptors (Lipinski definition) is 3. The summed E-state index contributed by atoms with van der Waals surface area (Å²) < 4.78 is 0. The van der Waals surface area contributed by atoms with E-state index in [1.165, 1.54) is 0 Å². The van der Waals surface area contributed by atoms with Crippen molar-refractivity contribution in [3.63, 3.8) is 0 Å². The predicted molar refractivity (Wildman–Crippen MR) is 77.7 cm³/mol. The molecule has 0 aromatic rings. The quantitative estimate of drug-likeness (QED) is 0.686. The van der Waals surface area contributed by atoms with E-state index in [0.717, 1.165) is 32.1 Å². The molecular formula is C14H27N3O3. The lowest BCUT2D eigenvalue weighted by molar-refractivity contribution is -0.141. The molecule has 0 aromatic carbocycles. The number of aliphatic carboxylic acids is 1. The number of likely N-dealkylation sites (N-methyl/N-ethyl adjacent to an activating group) is 1. The van der Waals surface area contributed by atoms with Crippen LogP contribution in [-0.4, -0.2) is 54.7 Å². The first kappa shape index (κ1) is 16.8. The molecule has 1 saturated carbocycles. The Bertz CT molecular complexity index is 328. The van der Waals surface area contributed by atoms with Crippen molar-refractivity contribution in [2.45, 2.75) is 51.1 Å². The summed E-state index contributed by atoms with van der Waals surface area (Å²) in [6.07, 6.45) is 5.02. The van der Waals surface area contributed by atoms with E-state index in [-0.39, 0.29) is 12.0 Å². The molecule has 3 N–H and O–H groups in total. The van der Waals surface area contributed by atoms with Gasteiger partial charge in [0.15, 0.2) is 0 Å². The SMILES string of the molecule is CC(CN(C)C)NC(=O)NC(C(=O)O)C1CCCCC1. The Morgan fingerprint density at radius 2 is 1.80 bits per heavy atom. The van der Waals surface area contributed by atoms with Gasteiger partial charge < -0.3 is 20.6 Å². The summed E-state index contributed by atoms with van der Waals surface area (Å²) in [4.78, 5) is 25.2. The van der Waals surface area contributed by atoms with Gasteiger partial charge in [0.2, 0.25) is 0 Å². The minimum atomic E-state index is -0.938. The normalized spacial score (nSPS) is 19.4. The Hall–Kier alpha value is -1.30. The van der Waals surface area contributed by atoms with Gasteiger partial charge in [-0.15, -0.1) is 0 Å². The molecule has 2 amide bonds. The van der Waals surface area contributed by atoms with Gasteiger partial charge in [0, 0.05) is 12.6 Å². The summed E-state index contributed by atoms with van der Waals surface area (Å²) in [5, 5.41) is 14.7. The largest absolute Gasteiger partial charge is 0.480 e. The molecule has 1 fully saturated rings. The zero-order valence-electron chi connectivity index (χ0n) is 12.7. The minimum absolute atomic E-state index is 0.0224. The minimum Gasteiger partial charge on any atom is -0.480 e. The van der Waals surface area contributed by atoms with Crippen LogP contribution in [0.25, 0.3) is 0 Å². The molecule has 0 bridgehead atoms. The third-order valence-corrected chi connectivity index (χ3v) is 3.69. The first-order valence-corrected chi connectivity index (χ1v) is 7.34. The van der Waals surface area contributed by atoms with Crippen LogP contribution in [0.5, 0.6) is 0 Å². The van der Waals surface area contributed by atoms with Crippen molar-refractivity contribution in [1.29, 1.82) is 0 Å². The molecule has 2 unspecified atom stereocenters. The molecule has 20 heavy (non-hydrogen) atoms. The highest BCUT2D eigenvalue weighted by atomic mass is 16.4. The van der Waals surface area contributed by atoms with Crippen LogP contribution in [0.4, 0.5) is 4.79 Å². The molecule has 1 rings (SSSR count). The molecule has 0 saturated heterocycles. The molecule has 0 heterocycles. The number of nitrogens with zero attached hydrogens (tertiary/aromatic N) is 1. The molecule has 116 valence electrons. The standard InChI is InChI=1S/C14H27N3O3/c1-10(9-17(2)3)15-14(20)16-12(13(18)19)11-7-5-4-6-8-11/h10-12H,4-9H2,1-3H3,(H,18,19)(H2,15,16,20). The summed E-state index contributed by atoms with van der Waals surface area (Å²) in [7, 11) is 3.86. The van der Waals surface area contributed by atoms with Gasteiger partial charge in [-0.05, 0) is 39.8 Å². The van der Waals surface area contributed by atoms with E-state index >= 15 is 0 Å². The maximum Gasteiger partial charge on any atom is 0.326 e. The van der Waals surface area contributed by atoms with E-state index in [0.29, 0.717) is 6.54 Å². The first-order chi connectivity index (χ1) is 9.40. The maximum atomic E-state index is 11.9. The lowest BCUT2D eigenvalue weighted by Gasteiger charge is -2.28. The highest BCUT2D eigenvalue weighted by Crippen LogP contribution is 2.26.